The molecule has 1 aliphatic carbocycles. The summed E-state index contributed by atoms with van der Waals surface area (Å²) in [6.45, 7) is 6.46. The van der Waals surface area contributed by atoms with Crippen molar-refractivity contribution >= 4 is 0 Å². The second kappa shape index (κ2) is 7.49. The van der Waals surface area contributed by atoms with Crippen molar-refractivity contribution in [3.8, 4) is 0 Å². The van der Waals surface area contributed by atoms with E-state index in [0.717, 1.165) is 31.5 Å². The van der Waals surface area contributed by atoms with E-state index in [1.54, 1.807) is 0 Å². The van der Waals surface area contributed by atoms with Gasteiger partial charge in [0, 0.05) is 5.92 Å². The summed E-state index contributed by atoms with van der Waals surface area (Å²) in [5, 5.41) is 0. The van der Waals surface area contributed by atoms with E-state index in [0.29, 0.717) is 5.92 Å². The van der Waals surface area contributed by atoms with Crippen LogP contribution in [-0.4, -0.2) is 19.5 Å². The van der Waals surface area contributed by atoms with E-state index in [-0.39, 0.29) is 6.29 Å². The molecule has 2 heteroatoms. The molecule has 0 radical (unpaired) electrons. The molecule has 2 aliphatic rings. The summed E-state index contributed by atoms with van der Waals surface area (Å²) in [4.78, 5) is 0. The zero-order valence-corrected chi connectivity index (χ0v) is 12.2. The predicted molar refractivity (Wildman–Crippen MR) is 74.4 cm³/mol. The fraction of sp³-hybridized carbons (Fsp3) is 1.00. The van der Waals surface area contributed by atoms with Crippen molar-refractivity contribution in [2.24, 2.45) is 17.8 Å². The predicted octanol–water partition coefficient (Wildman–Crippen LogP) is 4.38. The standard InChI is InChI=1S/C16H30O2/c1-3-13(2)7-4-10-15(14-8-5-9-14)16-17-11-6-12-18-16/h13-16H,3-12H2,1-2H3/t13-,15-/m1/s1. The second-order valence-electron chi connectivity index (χ2n) is 6.26. The van der Waals surface area contributed by atoms with Gasteiger partial charge >= 0.3 is 0 Å². The summed E-state index contributed by atoms with van der Waals surface area (Å²) < 4.78 is 11.7. The van der Waals surface area contributed by atoms with Crippen molar-refractivity contribution in [1.82, 2.24) is 0 Å². The Bertz CT molecular complexity index is 219. The molecule has 2 rings (SSSR count). The molecule has 0 aromatic carbocycles. The Balaban J connectivity index is 1.77. The van der Waals surface area contributed by atoms with Crippen LogP contribution >= 0.6 is 0 Å². The molecule has 0 N–H and O–H groups in total. The lowest BCUT2D eigenvalue weighted by atomic mass is 9.73. The van der Waals surface area contributed by atoms with Crippen molar-refractivity contribution in [2.45, 2.75) is 71.5 Å². The van der Waals surface area contributed by atoms with E-state index < -0.39 is 0 Å². The maximum Gasteiger partial charge on any atom is 0.160 e. The van der Waals surface area contributed by atoms with Gasteiger partial charge in [-0.3, -0.25) is 0 Å². The summed E-state index contributed by atoms with van der Waals surface area (Å²) in [7, 11) is 0. The summed E-state index contributed by atoms with van der Waals surface area (Å²) >= 11 is 0. The SMILES string of the molecule is CC[C@@H](C)CCC[C@H](C1CCC1)C1OCCCO1. The van der Waals surface area contributed by atoms with Gasteiger partial charge in [-0.15, -0.1) is 0 Å². The molecule has 1 saturated carbocycles. The average molecular weight is 254 g/mol. The monoisotopic (exact) mass is 254 g/mol. The molecule has 1 saturated heterocycles. The van der Waals surface area contributed by atoms with Crippen LogP contribution in [0.25, 0.3) is 0 Å². The molecule has 0 aromatic rings. The van der Waals surface area contributed by atoms with Gasteiger partial charge in [0.15, 0.2) is 6.29 Å². The van der Waals surface area contributed by atoms with E-state index >= 15 is 0 Å². The summed E-state index contributed by atoms with van der Waals surface area (Å²) in [5.74, 6) is 2.42. The number of hydrogen-bond acceptors (Lipinski definition) is 2. The smallest absolute Gasteiger partial charge is 0.160 e. The van der Waals surface area contributed by atoms with E-state index in [1.807, 2.05) is 0 Å². The van der Waals surface area contributed by atoms with E-state index in [1.165, 1.54) is 44.9 Å². The highest BCUT2D eigenvalue weighted by Gasteiger charge is 2.35. The molecule has 2 fully saturated rings. The molecule has 106 valence electrons. The molecule has 0 aromatic heterocycles. The summed E-state index contributed by atoms with van der Waals surface area (Å²) in [6, 6.07) is 0. The van der Waals surface area contributed by atoms with E-state index in [2.05, 4.69) is 13.8 Å². The topological polar surface area (TPSA) is 18.5 Å². The molecular weight excluding hydrogens is 224 g/mol. The number of hydrogen-bond donors (Lipinski definition) is 0. The maximum atomic E-state index is 5.86. The van der Waals surface area contributed by atoms with Crippen molar-refractivity contribution in [3.63, 3.8) is 0 Å². The highest BCUT2D eigenvalue weighted by atomic mass is 16.7. The normalized spacial score (nSPS) is 25.7. The molecule has 0 unspecified atom stereocenters. The third-order valence-corrected chi connectivity index (χ3v) is 4.89. The highest BCUT2D eigenvalue weighted by Crippen LogP contribution is 2.39. The molecule has 1 heterocycles. The van der Waals surface area contributed by atoms with Gasteiger partial charge in [0.25, 0.3) is 0 Å². The molecular formula is C16H30O2. The molecule has 0 bridgehead atoms. The van der Waals surface area contributed by atoms with Crippen LogP contribution in [0.2, 0.25) is 0 Å². The van der Waals surface area contributed by atoms with Crippen LogP contribution in [0.15, 0.2) is 0 Å². The van der Waals surface area contributed by atoms with Gasteiger partial charge in [-0.05, 0) is 37.5 Å². The van der Waals surface area contributed by atoms with Crippen molar-refractivity contribution < 1.29 is 9.47 Å². The lowest BCUT2D eigenvalue weighted by Crippen LogP contribution is -2.38. The third-order valence-electron chi connectivity index (χ3n) is 4.89. The van der Waals surface area contributed by atoms with Gasteiger partial charge in [-0.25, -0.2) is 0 Å². The van der Waals surface area contributed by atoms with Crippen LogP contribution in [0.5, 0.6) is 0 Å². The van der Waals surface area contributed by atoms with Crippen LogP contribution in [0.3, 0.4) is 0 Å². The lowest BCUT2D eigenvalue weighted by molar-refractivity contribution is -0.219. The molecule has 0 spiro atoms. The van der Waals surface area contributed by atoms with Crippen LogP contribution in [-0.2, 0) is 9.47 Å². The third kappa shape index (κ3) is 3.96. The number of rotatable bonds is 7. The van der Waals surface area contributed by atoms with Crippen LogP contribution in [0.4, 0.5) is 0 Å². The van der Waals surface area contributed by atoms with Crippen LogP contribution in [0, 0.1) is 17.8 Å². The van der Waals surface area contributed by atoms with Gasteiger partial charge in [-0.1, -0.05) is 39.5 Å². The van der Waals surface area contributed by atoms with Crippen molar-refractivity contribution in [3.05, 3.63) is 0 Å². The Kier molecular flexibility index (Phi) is 5.97. The number of ether oxygens (including phenoxy) is 2. The Morgan fingerprint density at radius 2 is 1.78 bits per heavy atom. The van der Waals surface area contributed by atoms with Gasteiger partial charge in [-0.2, -0.15) is 0 Å². The van der Waals surface area contributed by atoms with Gasteiger partial charge < -0.3 is 9.47 Å². The Labute approximate surface area is 112 Å². The quantitative estimate of drug-likeness (QED) is 0.671. The van der Waals surface area contributed by atoms with Crippen molar-refractivity contribution in [2.75, 3.05) is 13.2 Å². The molecule has 2 atom stereocenters. The van der Waals surface area contributed by atoms with Gasteiger partial charge in [0.05, 0.1) is 13.2 Å². The minimum Gasteiger partial charge on any atom is -0.352 e. The van der Waals surface area contributed by atoms with Gasteiger partial charge in [0.2, 0.25) is 0 Å². The first-order chi connectivity index (χ1) is 8.81. The van der Waals surface area contributed by atoms with Crippen molar-refractivity contribution in [1.29, 1.82) is 0 Å². The molecule has 1 aliphatic heterocycles. The Hall–Kier alpha value is -0.0800. The van der Waals surface area contributed by atoms with Crippen LogP contribution < -0.4 is 0 Å². The average Bonchev–Trinajstić information content (AvgIpc) is 2.36. The van der Waals surface area contributed by atoms with E-state index in [4.69, 9.17) is 9.47 Å². The minimum absolute atomic E-state index is 0.112. The summed E-state index contributed by atoms with van der Waals surface area (Å²) in [5.41, 5.74) is 0. The second-order valence-corrected chi connectivity index (χ2v) is 6.26. The molecule has 2 nitrogen and oxygen atoms in total. The fourth-order valence-corrected chi connectivity index (χ4v) is 3.12. The fourth-order valence-electron chi connectivity index (χ4n) is 3.12. The highest BCUT2D eigenvalue weighted by molar-refractivity contribution is 4.81. The molecule has 18 heavy (non-hydrogen) atoms. The first-order valence-corrected chi connectivity index (χ1v) is 8.04. The molecule has 0 amide bonds. The lowest BCUT2D eigenvalue weighted by Gasteiger charge is -2.40. The maximum absolute atomic E-state index is 5.86. The first kappa shape index (κ1) is 14.3. The Morgan fingerprint density at radius 1 is 1.06 bits per heavy atom. The Morgan fingerprint density at radius 3 is 2.33 bits per heavy atom. The zero-order chi connectivity index (χ0) is 12.8. The first-order valence-electron chi connectivity index (χ1n) is 8.04. The zero-order valence-electron chi connectivity index (χ0n) is 12.2. The van der Waals surface area contributed by atoms with E-state index in [9.17, 15) is 0 Å². The van der Waals surface area contributed by atoms with Crippen LogP contribution in [0.1, 0.15) is 65.2 Å². The minimum atomic E-state index is 0.112. The summed E-state index contributed by atoms with van der Waals surface area (Å²) in [6.07, 6.45) is 10.7. The van der Waals surface area contributed by atoms with Gasteiger partial charge in [0.1, 0.15) is 0 Å². The largest absolute Gasteiger partial charge is 0.352 e.